The summed E-state index contributed by atoms with van der Waals surface area (Å²) in [4.78, 5) is 0. The van der Waals surface area contributed by atoms with E-state index in [9.17, 15) is 22.0 Å². The first-order chi connectivity index (χ1) is 7.76. The van der Waals surface area contributed by atoms with Crippen LogP contribution in [0.3, 0.4) is 0 Å². The van der Waals surface area contributed by atoms with Gasteiger partial charge in [0.1, 0.15) is 11.6 Å². The molecule has 0 saturated carbocycles. The van der Waals surface area contributed by atoms with Crippen LogP contribution in [-0.2, 0) is 6.54 Å². The minimum absolute atomic E-state index is 0.00801. The van der Waals surface area contributed by atoms with Crippen molar-refractivity contribution in [2.75, 3.05) is 0 Å². The second kappa shape index (κ2) is 5.44. The van der Waals surface area contributed by atoms with Crippen LogP contribution in [0.4, 0.5) is 22.0 Å². The van der Waals surface area contributed by atoms with Crippen molar-refractivity contribution in [3.8, 4) is 0 Å². The summed E-state index contributed by atoms with van der Waals surface area (Å²) in [7, 11) is 0. The van der Waals surface area contributed by atoms with E-state index in [1.165, 1.54) is 6.92 Å². The van der Waals surface area contributed by atoms with Crippen molar-refractivity contribution in [3.05, 3.63) is 35.4 Å². The lowest BCUT2D eigenvalue weighted by Gasteiger charge is -2.15. The first-order valence-electron chi connectivity index (χ1n) is 5.01. The molecule has 0 aliphatic rings. The van der Waals surface area contributed by atoms with Crippen LogP contribution in [0.2, 0.25) is 0 Å². The van der Waals surface area contributed by atoms with E-state index in [0.717, 1.165) is 12.1 Å². The fraction of sp³-hybridized carbons (Fsp3) is 0.455. The van der Waals surface area contributed by atoms with Gasteiger partial charge in [0, 0.05) is 18.7 Å². The molecular weight excluding hydrogens is 241 g/mol. The fourth-order valence-corrected chi connectivity index (χ4v) is 1.42. The lowest BCUT2D eigenvalue weighted by molar-refractivity contribution is -0.139. The van der Waals surface area contributed by atoms with Crippen LogP contribution in [0.25, 0.3) is 0 Å². The van der Waals surface area contributed by atoms with Crippen molar-refractivity contribution < 1.29 is 22.0 Å². The maximum absolute atomic E-state index is 12.8. The van der Waals surface area contributed by atoms with E-state index in [-0.39, 0.29) is 12.1 Å². The van der Waals surface area contributed by atoms with E-state index in [4.69, 9.17) is 0 Å². The van der Waals surface area contributed by atoms with E-state index in [1.807, 2.05) is 0 Å². The molecule has 0 bridgehead atoms. The van der Waals surface area contributed by atoms with E-state index < -0.39 is 30.3 Å². The first-order valence-corrected chi connectivity index (χ1v) is 5.01. The summed E-state index contributed by atoms with van der Waals surface area (Å²) in [6.45, 7) is 1.36. The Balaban J connectivity index is 2.50. The highest BCUT2D eigenvalue weighted by atomic mass is 19.4. The zero-order valence-corrected chi connectivity index (χ0v) is 9.11. The summed E-state index contributed by atoms with van der Waals surface area (Å²) in [5.41, 5.74) is 0.275. The van der Waals surface area contributed by atoms with Gasteiger partial charge in [-0.2, -0.15) is 13.2 Å². The molecule has 96 valence electrons. The Morgan fingerprint density at radius 1 is 1.12 bits per heavy atom. The lowest BCUT2D eigenvalue weighted by atomic mass is 10.2. The molecule has 0 aliphatic carbocycles. The Kier molecular flexibility index (Phi) is 4.45. The van der Waals surface area contributed by atoms with E-state index >= 15 is 0 Å². The number of alkyl halides is 3. The number of hydrogen-bond acceptors (Lipinski definition) is 1. The van der Waals surface area contributed by atoms with Gasteiger partial charge in [-0.3, -0.25) is 0 Å². The Bertz CT molecular complexity index is 354. The molecule has 17 heavy (non-hydrogen) atoms. The summed E-state index contributed by atoms with van der Waals surface area (Å²) in [5, 5.41) is 2.56. The zero-order valence-electron chi connectivity index (χ0n) is 9.11. The Hall–Kier alpha value is -1.17. The highest BCUT2D eigenvalue weighted by Gasteiger charge is 2.29. The summed E-state index contributed by atoms with van der Waals surface area (Å²) in [5.74, 6) is -1.49. The average molecular weight is 253 g/mol. The molecule has 0 fully saturated rings. The third kappa shape index (κ3) is 5.63. The summed E-state index contributed by atoms with van der Waals surface area (Å²) in [6.07, 6.45) is -5.23. The van der Waals surface area contributed by atoms with Gasteiger partial charge in [-0.05, 0) is 24.6 Å². The SMILES string of the molecule is CC(CC(F)(F)F)NCc1cc(F)cc(F)c1. The van der Waals surface area contributed by atoms with E-state index in [2.05, 4.69) is 5.32 Å². The second-order valence-corrected chi connectivity index (χ2v) is 3.88. The molecule has 1 aromatic carbocycles. The molecular formula is C11H12F5N. The molecule has 0 saturated heterocycles. The van der Waals surface area contributed by atoms with Crippen molar-refractivity contribution in [2.24, 2.45) is 0 Å². The highest BCUT2D eigenvalue weighted by molar-refractivity contribution is 5.17. The molecule has 1 aromatic rings. The van der Waals surface area contributed by atoms with Crippen LogP contribution in [-0.4, -0.2) is 12.2 Å². The molecule has 1 atom stereocenters. The quantitative estimate of drug-likeness (QED) is 0.811. The topological polar surface area (TPSA) is 12.0 Å². The van der Waals surface area contributed by atoms with Crippen LogP contribution >= 0.6 is 0 Å². The molecule has 6 heteroatoms. The molecule has 0 radical (unpaired) electrons. The van der Waals surface area contributed by atoms with Crippen molar-refractivity contribution in [3.63, 3.8) is 0 Å². The molecule has 0 aromatic heterocycles. The van der Waals surface area contributed by atoms with Crippen molar-refractivity contribution in [1.82, 2.24) is 5.32 Å². The smallest absolute Gasteiger partial charge is 0.310 e. The third-order valence-corrected chi connectivity index (χ3v) is 2.11. The summed E-state index contributed by atoms with van der Waals surface area (Å²) >= 11 is 0. The maximum Gasteiger partial charge on any atom is 0.390 e. The number of halogens is 5. The van der Waals surface area contributed by atoms with Gasteiger partial charge in [0.25, 0.3) is 0 Å². The summed E-state index contributed by atoms with van der Waals surface area (Å²) < 4.78 is 61.6. The molecule has 1 nitrogen and oxygen atoms in total. The Labute approximate surface area is 95.6 Å². The van der Waals surface area contributed by atoms with Crippen LogP contribution in [0, 0.1) is 11.6 Å². The molecule has 1 N–H and O–H groups in total. The van der Waals surface area contributed by atoms with Crippen LogP contribution < -0.4 is 5.32 Å². The van der Waals surface area contributed by atoms with Crippen LogP contribution in [0.5, 0.6) is 0 Å². The predicted molar refractivity (Wildman–Crippen MR) is 53.3 cm³/mol. The number of nitrogens with one attached hydrogen (secondary N) is 1. The molecule has 1 unspecified atom stereocenters. The second-order valence-electron chi connectivity index (χ2n) is 3.88. The van der Waals surface area contributed by atoms with Gasteiger partial charge < -0.3 is 5.32 Å². The molecule has 0 spiro atoms. The Morgan fingerprint density at radius 2 is 1.65 bits per heavy atom. The van der Waals surface area contributed by atoms with Crippen molar-refractivity contribution in [2.45, 2.75) is 32.1 Å². The predicted octanol–water partition coefficient (Wildman–Crippen LogP) is 3.40. The zero-order chi connectivity index (χ0) is 13.1. The van der Waals surface area contributed by atoms with E-state index in [1.54, 1.807) is 0 Å². The molecule has 0 aliphatic heterocycles. The fourth-order valence-electron chi connectivity index (χ4n) is 1.42. The minimum atomic E-state index is -4.25. The van der Waals surface area contributed by atoms with Gasteiger partial charge in [-0.25, -0.2) is 8.78 Å². The number of rotatable bonds is 4. The standard InChI is InChI=1S/C11H12F5N/c1-7(5-11(14,15)16)17-6-8-2-9(12)4-10(13)3-8/h2-4,7,17H,5-6H2,1H3. The highest BCUT2D eigenvalue weighted by Crippen LogP contribution is 2.21. The van der Waals surface area contributed by atoms with Crippen LogP contribution in [0.1, 0.15) is 18.9 Å². The van der Waals surface area contributed by atoms with Gasteiger partial charge in [0.2, 0.25) is 0 Å². The molecule has 0 heterocycles. The first kappa shape index (κ1) is 13.9. The Morgan fingerprint density at radius 3 is 2.12 bits per heavy atom. The normalized spacial score (nSPS) is 13.8. The van der Waals surface area contributed by atoms with Gasteiger partial charge in [0.15, 0.2) is 0 Å². The third-order valence-electron chi connectivity index (χ3n) is 2.11. The maximum atomic E-state index is 12.8. The van der Waals surface area contributed by atoms with Gasteiger partial charge in [0.05, 0.1) is 6.42 Å². The van der Waals surface area contributed by atoms with Gasteiger partial charge in [-0.1, -0.05) is 0 Å². The average Bonchev–Trinajstić information content (AvgIpc) is 2.10. The summed E-state index contributed by atoms with van der Waals surface area (Å²) in [6, 6.07) is 2.07. The lowest BCUT2D eigenvalue weighted by Crippen LogP contribution is -2.30. The van der Waals surface area contributed by atoms with Gasteiger partial charge >= 0.3 is 6.18 Å². The number of hydrogen-bond donors (Lipinski definition) is 1. The number of benzene rings is 1. The van der Waals surface area contributed by atoms with Crippen molar-refractivity contribution >= 4 is 0 Å². The largest absolute Gasteiger partial charge is 0.390 e. The minimum Gasteiger partial charge on any atom is -0.310 e. The van der Waals surface area contributed by atoms with Crippen LogP contribution in [0.15, 0.2) is 18.2 Å². The van der Waals surface area contributed by atoms with Crippen molar-refractivity contribution in [1.29, 1.82) is 0 Å². The monoisotopic (exact) mass is 253 g/mol. The molecule has 0 amide bonds. The molecule has 1 rings (SSSR count). The van der Waals surface area contributed by atoms with E-state index in [0.29, 0.717) is 6.07 Å². The van der Waals surface area contributed by atoms with Gasteiger partial charge in [-0.15, -0.1) is 0 Å².